The molecule has 1 unspecified atom stereocenters. The van der Waals surface area contributed by atoms with E-state index < -0.39 is 0 Å². The Morgan fingerprint density at radius 2 is 2.33 bits per heavy atom. The molecule has 1 fully saturated rings. The van der Waals surface area contributed by atoms with Gasteiger partial charge in [0, 0.05) is 26.3 Å². The molecule has 116 valence electrons. The summed E-state index contributed by atoms with van der Waals surface area (Å²) < 4.78 is 0. The minimum Gasteiger partial charge on any atom is -0.367 e. The first-order chi connectivity index (χ1) is 10.0. The molecule has 6 heteroatoms. The fourth-order valence-corrected chi connectivity index (χ4v) is 3.20. The molecule has 1 aliphatic heterocycles. The van der Waals surface area contributed by atoms with Gasteiger partial charge in [-0.15, -0.1) is 0 Å². The number of nitro groups is 1. The van der Waals surface area contributed by atoms with Gasteiger partial charge in [-0.3, -0.25) is 10.1 Å². The highest BCUT2D eigenvalue weighted by molar-refractivity contribution is 5.73. The molecule has 21 heavy (non-hydrogen) atoms. The summed E-state index contributed by atoms with van der Waals surface area (Å²) in [4.78, 5) is 17.3. The number of piperidine rings is 1. The van der Waals surface area contributed by atoms with Gasteiger partial charge in [-0.1, -0.05) is 13.8 Å². The SMILES string of the molecule is CNc1nccc(N2CCCC(CC(C)C)C2)c1[N+](=O)[O-]. The topological polar surface area (TPSA) is 71.3 Å². The third kappa shape index (κ3) is 3.62. The van der Waals surface area contributed by atoms with Gasteiger partial charge in [0.1, 0.15) is 5.69 Å². The second-order valence-corrected chi connectivity index (χ2v) is 6.12. The molecule has 2 heterocycles. The Morgan fingerprint density at radius 1 is 1.57 bits per heavy atom. The highest BCUT2D eigenvalue weighted by atomic mass is 16.6. The molecule has 0 saturated carbocycles. The van der Waals surface area contributed by atoms with Crippen LogP contribution < -0.4 is 10.2 Å². The van der Waals surface area contributed by atoms with Crippen LogP contribution in [0, 0.1) is 22.0 Å². The average molecular weight is 292 g/mol. The van der Waals surface area contributed by atoms with Crippen molar-refractivity contribution >= 4 is 17.2 Å². The van der Waals surface area contributed by atoms with E-state index >= 15 is 0 Å². The van der Waals surface area contributed by atoms with E-state index in [9.17, 15) is 10.1 Å². The van der Waals surface area contributed by atoms with Crippen molar-refractivity contribution in [1.82, 2.24) is 4.98 Å². The molecule has 1 aromatic heterocycles. The summed E-state index contributed by atoms with van der Waals surface area (Å²) >= 11 is 0. The molecule has 0 aromatic carbocycles. The summed E-state index contributed by atoms with van der Waals surface area (Å²) in [6.45, 7) is 6.23. The molecule has 1 aliphatic rings. The minimum atomic E-state index is -0.333. The molecular weight excluding hydrogens is 268 g/mol. The van der Waals surface area contributed by atoms with Crippen LogP contribution >= 0.6 is 0 Å². The van der Waals surface area contributed by atoms with Crippen molar-refractivity contribution in [1.29, 1.82) is 0 Å². The highest BCUT2D eigenvalue weighted by Gasteiger charge is 2.28. The number of rotatable bonds is 5. The van der Waals surface area contributed by atoms with Crippen molar-refractivity contribution in [3.63, 3.8) is 0 Å². The minimum absolute atomic E-state index is 0.0881. The van der Waals surface area contributed by atoms with Gasteiger partial charge in [-0.05, 0) is 37.2 Å². The van der Waals surface area contributed by atoms with Crippen LogP contribution in [0.1, 0.15) is 33.1 Å². The number of nitrogens with zero attached hydrogens (tertiary/aromatic N) is 3. The monoisotopic (exact) mass is 292 g/mol. The summed E-state index contributed by atoms with van der Waals surface area (Å²) in [6, 6.07) is 1.76. The third-order valence-electron chi connectivity index (χ3n) is 3.99. The first-order valence-corrected chi connectivity index (χ1v) is 7.59. The maximum atomic E-state index is 11.4. The van der Waals surface area contributed by atoms with Gasteiger partial charge in [0.15, 0.2) is 0 Å². The lowest BCUT2D eigenvalue weighted by molar-refractivity contribution is -0.383. The molecule has 0 bridgehead atoms. The van der Waals surface area contributed by atoms with Gasteiger partial charge in [0.2, 0.25) is 5.82 Å². The molecule has 1 aromatic rings. The zero-order chi connectivity index (χ0) is 15.4. The average Bonchev–Trinajstić information content (AvgIpc) is 2.45. The molecule has 1 saturated heterocycles. The molecule has 6 nitrogen and oxygen atoms in total. The first-order valence-electron chi connectivity index (χ1n) is 7.59. The Morgan fingerprint density at radius 3 is 2.95 bits per heavy atom. The molecule has 0 spiro atoms. The Balaban J connectivity index is 2.26. The normalized spacial score (nSPS) is 18.9. The molecule has 1 atom stereocenters. The Bertz CT molecular complexity index is 504. The molecule has 0 radical (unpaired) electrons. The van der Waals surface area contributed by atoms with Gasteiger partial charge in [-0.25, -0.2) is 4.98 Å². The van der Waals surface area contributed by atoms with Crippen molar-refractivity contribution in [2.75, 3.05) is 30.4 Å². The van der Waals surface area contributed by atoms with E-state index in [1.807, 2.05) is 0 Å². The molecular formula is C15H24N4O2. The van der Waals surface area contributed by atoms with Gasteiger partial charge < -0.3 is 10.2 Å². The number of aromatic nitrogens is 1. The van der Waals surface area contributed by atoms with Gasteiger partial charge in [0.25, 0.3) is 0 Å². The number of hydrogen-bond acceptors (Lipinski definition) is 5. The van der Waals surface area contributed by atoms with E-state index in [0.29, 0.717) is 23.3 Å². The van der Waals surface area contributed by atoms with Crippen molar-refractivity contribution < 1.29 is 4.92 Å². The summed E-state index contributed by atoms with van der Waals surface area (Å²) in [7, 11) is 1.66. The standard InChI is InChI=1S/C15H24N4O2/c1-11(2)9-12-5-4-8-18(10-12)13-6-7-17-15(16-3)14(13)19(20)21/h6-7,11-12H,4-5,8-10H2,1-3H3,(H,16,17). The number of hydrogen-bond donors (Lipinski definition) is 1. The summed E-state index contributed by atoms with van der Waals surface area (Å²) in [6.07, 6.45) is 5.12. The van der Waals surface area contributed by atoms with Crippen LogP contribution in [0.5, 0.6) is 0 Å². The van der Waals surface area contributed by atoms with Crippen LogP contribution in [-0.4, -0.2) is 30.0 Å². The summed E-state index contributed by atoms with van der Waals surface area (Å²) in [5.74, 6) is 1.61. The Hall–Kier alpha value is -1.85. The van der Waals surface area contributed by atoms with Crippen LogP contribution in [0.15, 0.2) is 12.3 Å². The fraction of sp³-hybridized carbons (Fsp3) is 0.667. The van der Waals surface area contributed by atoms with Crippen molar-refractivity contribution in [3.8, 4) is 0 Å². The van der Waals surface area contributed by atoms with E-state index in [4.69, 9.17) is 0 Å². The smallest absolute Gasteiger partial charge is 0.334 e. The van der Waals surface area contributed by atoms with E-state index in [0.717, 1.165) is 19.5 Å². The summed E-state index contributed by atoms with van der Waals surface area (Å²) in [5, 5.41) is 14.2. The lowest BCUT2D eigenvalue weighted by atomic mass is 9.89. The highest BCUT2D eigenvalue weighted by Crippen LogP contribution is 2.36. The predicted molar refractivity (Wildman–Crippen MR) is 84.8 cm³/mol. The van der Waals surface area contributed by atoms with Crippen LogP contribution in [0.2, 0.25) is 0 Å². The first kappa shape index (κ1) is 15.5. The van der Waals surface area contributed by atoms with Crippen LogP contribution in [0.3, 0.4) is 0 Å². The largest absolute Gasteiger partial charge is 0.367 e. The number of nitrogens with one attached hydrogen (secondary N) is 1. The van der Waals surface area contributed by atoms with E-state index in [2.05, 4.69) is 29.0 Å². The van der Waals surface area contributed by atoms with Crippen molar-refractivity contribution in [2.24, 2.45) is 11.8 Å². The van der Waals surface area contributed by atoms with Crippen molar-refractivity contribution in [3.05, 3.63) is 22.4 Å². The maximum Gasteiger partial charge on any atom is 0.334 e. The fourth-order valence-electron chi connectivity index (χ4n) is 3.20. The van der Waals surface area contributed by atoms with Gasteiger partial charge >= 0.3 is 5.69 Å². The molecule has 1 N–H and O–H groups in total. The third-order valence-corrected chi connectivity index (χ3v) is 3.99. The zero-order valence-corrected chi connectivity index (χ0v) is 13.0. The zero-order valence-electron chi connectivity index (χ0n) is 13.0. The second kappa shape index (κ2) is 6.74. The van der Waals surface area contributed by atoms with E-state index in [1.54, 1.807) is 19.3 Å². The number of anilines is 2. The maximum absolute atomic E-state index is 11.4. The van der Waals surface area contributed by atoms with Crippen LogP contribution in [-0.2, 0) is 0 Å². The summed E-state index contributed by atoms with van der Waals surface area (Å²) in [5.41, 5.74) is 0.776. The van der Waals surface area contributed by atoms with Gasteiger partial charge in [0.05, 0.1) is 4.92 Å². The second-order valence-electron chi connectivity index (χ2n) is 6.12. The lowest BCUT2D eigenvalue weighted by Gasteiger charge is -2.34. The molecule has 0 amide bonds. The van der Waals surface area contributed by atoms with Crippen LogP contribution in [0.25, 0.3) is 0 Å². The van der Waals surface area contributed by atoms with E-state index in [1.165, 1.54) is 12.8 Å². The molecule has 0 aliphatic carbocycles. The lowest BCUT2D eigenvalue weighted by Crippen LogP contribution is -2.36. The van der Waals surface area contributed by atoms with Crippen molar-refractivity contribution in [2.45, 2.75) is 33.1 Å². The predicted octanol–water partition coefficient (Wildman–Crippen LogP) is 3.29. The van der Waals surface area contributed by atoms with Gasteiger partial charge in [-0.2, -0.15) is 0 Å². The molecule has 2 rings (SSSR count). The van der Waals surface area contributed by atoms with E-state index in [-0.39, 0.29) is 10.6 Å². The quantitative estimate of drug-likeness (QED) is 0.666. The number of pyridine rings is 1. The Labute approximate surface area is 125 Å². The van der Waals surface area contributed by atoms with Crippen LogP contribution in [0.4, 0.5) is 17.2 Å². The Kier molecular flexibility index (Phi) is 4.98.